The zero-order valence-corrected chi connectivity index (χ0v) is 13.0. The van der Waals surface area contributed by atoms with Crippen molar-refractivity contribution in [3.63, 3.8) is 0 Å². The average molecular weight is 315 g/mol. The Morgan fingerprint density at radius 3 is 2.74 bits per heavy atom. The molecule has 0 atom stereocenters. The first-order valence-corrected chi connectivity index (χ1v) is 7.18. The molecule has 4 nitrogen and oxygen atoms in total. The smallest absolute Gasteiger partial charge is 0.248 e. The Balaban J connectivity index is 2.05. The van der Waals surface area contributed by atoms with Crippen molar-refractivity contribution >= 4 is 17.7 Å². The lowest BCUT2D eigenvalue weighted by atomic mass is 10.2. The number of halogens is 1. The third-order valence-electron chi connectivity index (χ3n) is 3.01. The van der Waals surface area contributed by atoms with Crippen LogP contribution in [0.3, 0.4) is 0 Å². The quantitative estimate of drug-likeness (QED) is 0.823. The van der Waals surface area contributed by atoms with Gasteiger partial charge in [0.2, 0.25) is 5.91 Å². The van der Waals surface area contributed by atoms with Crippen molar-refractivity contribution in [2.45, 2.75) is 6.92 Å². The lowest BCUT2D eigenvalue weighted by molar-refractivity contribution is -0.111. The van der Waals surface area contributed by atoms with Crippen LogP contribution in [0, 0.1) is 5.82 Å². The van der Waals surface area contributed by atoms with E-state index in [9.17, 15) is 9.18 Å². The monoisotopic (exact) mass is 315 g/mol. The molecule has 0 radical (unpaired) electrons. The summed E-state index contributed by atoms with van der Waals surface area (Å²) in [5.74, 6) is 0.502. The van der Waals surface area contributed by atoms with E-state index in [1.807, 2.05) is 13.0 Å². The molecule has 2 aromatic rings. The van der Waals surface area contributed by atoms with E-state index in [1.165, 1.54) is 24.3 Å². The highest BCUT2D eigenvalue weighted by Gasteiger charge is 2.04. The maximum absolute atomic E-state index is 13.1. The third-order valence-corrected chi connectivity index (χ3v) is 3.01. The highest BCUT2D eigenvalue weighted by Crippen LogP contribution is 2.28. The van der Waals surface area contributed by atoms with Crippen molar-refractivity contribution in [2.75, 3.05) is 19.0 Å². The highest BCUT2D eigenvalue weighted by molar-refractivity contribution is 6.01. The van der Waals surface area contributed by atoms with E-state index in [1.54, 1.807) is 31.4 Å². The number of ether oxygens (including phenoxy) is 2. The van der Waals surface area contributed by atoms with Crippen molar-refractivity contribution in [1.82, 2.24) is 0 Å². The van der Waals surface area contributed by atoms with E-state index in [0.29, 0.717) is 23.8 Å². The number of rotatable bonds is 6. The summed E-state index contributed by atoms with van der Waals surface area (Å²) >= 11 is 0. The molecule has 0 unspecified atom stereocenters. The van der Waals surface area contributed by atoms with Gasteiger partial charge in [-0.15, -0.1) is 0 Å². The van der Waals surface area contributed by atoms with Crippen LogP contribution in [-0.2, 0) is 4.79 Å². The first-order valence-electron chi connectivity index (χ1n) is 7.18. The van der Waals surface area contributed by atoms with Crippen molar-refractivity contribution < 1.29 is 18.7 Å². The summed E-state index contributed by atoms with van der Waals surface area (Å²) in [4.78, 5) is 11.8. The fraction of sp³-hybridized carbons (Fsp3) is 0.167. The standard InChI is InChI=1S/C18H18FNO3/c1-3-23-16-9-7-13(11-17(16)22-2)8-10-18(21)20-15-6-4-5-14(19)12-15/h4-12H,3H2,1-2H3,(H,20,21)/b10-8+. The molecule has 0 aliphatic carbocycles. The molecule has 1 amide bonds. The molecule has 0 saturated heterocycles. The van der Waals surface area contributed by atoms with Crippen LogP contribution in [0.1, 0.15) is 12.5 Å². The van der Waals surface area contributed by atoms with E-state index in [0.717, 1.165) is 5.56 Å². The molecular weight excluding hydrogens is 297 g/mol. The number of amides is 1. The molecule has 5 heteroatoms. The minimum atomic E-state index is -0.400. The Morgan fingerprint density at radius 1 is 1.22 bits per heavy atom. The van der Waals surface area contributed by atoms with E-state index < -0.39 is 5.82 Å². The summed E-state index contributed by atoms with van der Waals surface area (Å²) in [6, 6.07) is 11.1. The average Bonchev–Trinajstić information content (AvgIpc) is 2.54. The molecule has 23 heavy (non-hydrogen) atoms. The number of hydrogen-bond acceptors (Lipinski definition) is 3. The summed E-state index contributed by atoms with van der Waals surface area (Å²) in [6.07, 6.45) is 3.02. The van der Waals surface area contributed by atoms with Gasteiger partial charge in [-0.25, -0.2) is 4.39 Å². The highest BCUT2D eigenvalue weighted by atomic mass is 19.1. The van der Waals surface area contributed by atoms with E-state index in [2.05, 4.69) is 5.32 Å². The molecule has 0 aromatic heterocycles. The van der Waals surface area contributed by atoms with Gasteiger partial charge in [0.25, 0.3) is 0 Å². The molecule has 1 N–H and O–H groups in total. The normalized spacial score (nSPS) is 10.6. The van der Waals surface area contributed by atoms with Gasteiger partial charge in [0, 0.05) is 11.8 Å². The predicted molar refractivity (Wildman–Crippen MR) is 88.2 cm³/mol. The van der Waals surface area contributed by atoms with Gasteiger partial charge in [0.1, 0.15) is 5.82 Å². The molecule has 0 saturated carbocycles. The van der Waals surface area contributed by atoms with Crippen LogP contribution in [0.2, 0.25) is 0 Å². The Kier molecular flexibility index (Phi) is 5.74. The van der Waals surface area contributed by atoms with Crippen LogP contribution in [0.5, 0.6) is 11.5 Å². The first kappa shape index (κ1) is 16.5. The van der Waals surface area contributed by atoms with Gasteiger partial charge in [0.05, 0.1) is 13.7 Å². The van der Waals surface area contributed by atoms with Crippen LogP contribution in [-0.4, -0.2) is 19.6 Å². The summed E-state index contributed by atoms with van der Waals surface area (Å²) in [5, 5.41) is 2.59. The number of methoxy groups -OCH3 is 1. The topological polar surface area (TPSA) is 47.6 Å². The molecule has 0 aliphatic heterocycles. The van der Waals surface area contributed by atoms with Crippen molar-refractivity contribution in [2.24, 2.45) is 0 Å². The van der Waals surface area contributed by atoms with Crippen LogP contribution < -0.4 is 14.8 Å². The summed E-state index contributed by atoms with van der Waals surface area (Å²) in [5.41, 5.74) is 1.20. The number of nitrogens with one attached hydrogen (secondary N) is 1. The van der Waals surface area contributed by atoms with Crippen LogP contribution >= 0.6 is 0 Å². The lowest BCUT2D eigenvalue weighted by Gasteiger charge is -2.09. The minimum Gasteiger partial charge on any atom is -0.493 e. The number of carbonyl (C=O) groups is 1. The molecule has 0 heterocycles. The number of hydrogen-bond donors (Lipinski definition) is 1. The fourth-order valence-electron chi connectivity index (χ4n) is 1.98. The van der Waals surface area contributed by atoms with Gasteiger partial charge < -0.3 is 14.8 Å². The zero-order chi connectivity index (χ0) is 16.7. The molecule has 0 spiro atoms. The van der Waals surface area contributed by atoms with Gasteiger partial charge >= 0.3 is 0 Å². The number of benzene rings is 2. The number of anilines is 1. The van der Waals surface area contributed by atoms with Crippen LogP contribution in [0.25, 0.3) is 6.08 Å². The Morgan fingerprint density at radius 2 is 2.04 bits per heavy atom. The maximum atomic E-state index is 13.1. The van der Waals surface area contributed by atoms with E-state index >= 15 is 0 Å². The van der Waals surface area contributed by atoms with Crippen LogP contribution in [0.4, 0.5) is 10.1 Å². The Hall–Kier alpha value is -2.82. The first-order chi connectivity index (χ1) is 11.1. The molecule has 0 fully saturated rings. The van der Waals surface area contributed by atoms with Gasteiger partial charge in [-0.05, 0) is 48.9 Å². The molecule has 120 valence electrons. The van der Waals surface area contributed by atoms with Crippen molar-refractivity contribution in [3.8, 4) is 11.5 Å². The second-order valence-electron chi connectivity index (χ2n) is 4.68. The van der Waals surface area contributed by atoms with Crippen molar-refractivity contribution in [3.05, 3.63) is 59.9 Å². The van der Waals surface area contributed by atoms with E-state index in [4.69, 9.17) is 9.47 Å². The van der Waals surface area contributed by atoms with Gasteiger partial charge in [-0.3, -0.25) is 4.79 Å². The molecule has 2 aromatic carbocycles. The third kappa shape index (κ3) is 4.85. The zero-order valence-electron chi connectivity index (χ0n) is 13.0. The maximum Gasteiger partial charge on any atom is 0.248 e. The summed E-state index contributed by atoms with van der Waals surface area (Å²) in [6.45, 7) is 2.44. The SMILES string of the molecule is CCOc1ccc(/C=C/C(=O)Nc2cccc(F)c2)cc1OC. The fourth-order valence-corrected chi connectivity index (χ4v) is 1.98. The Bertz CT molecular complexity index is 713. The number of carbonyl (C=O) groups excluding carboxylic acids is 1. The second-order valence-corrected chi connectivity index (χ2v) is 4.68. The van der Waals surface area contributed by atoms with Gasteiger partial charge in [-0.2, -0.15) is 0 Å². The van der Waals surface area contributed by atoms with E-state index in [-0.39, 0.29) is 5.91 Å². The molecule has 2 rings (SSSR count). The minimum absolute atomic E-state index is 0.344. The predicted octanol–water partition coefficient (Wildman–Crippen LogP) is 3.88. The Labute approximate surface area is 134 Å². The van der Waals surface area contributed by atoms with Crippen LogP contribution in [0.15, 0.2) is 48.5 Å². The van der Waals surface area contributed by atoms with Gasteiger partial charge in [-0.1, -0.05) is 12.1 Å². The largest absolute Gasteiger partial charge is 0.493 e. The summed E-state index contributed by atoms with van der Waals surface area (Å²) < 4.78 is 23.7. The lowest BCUT2D eigenvalue weighted by Crippen LogP contribution is -2.07. The van der Waals surface area contributed by atoms with Gasteiger partial charge in [0.15, 0.2) is 11.5 Å². The molecule has 0 aliphatic rings. The molecule has 0 bridgehead atoms. The molecular formula is C18H18FNO3. The summed E-state index contributed by atoms with van der Waals surface area (Å²) in [7, 11) is 1.56. The second kappa shape index (κ2) is 7.98. The van der Waals surface area contributed by atoms with Crippen molar-refractivity contribution in [1.29, 1.82) is 0 Å².